The van der Waals surface area contributed by atoms with Crippen molar-refractivity contribution in [1.82, 2.24) is 15.0 Å². The quantitative estimate of drug-likeness (QED) is 0.768. The number of imidazole rings is 1. The fourth-order valence-corrected chi connectivity index (χ4v) is 2.12. The highest BCUT2D eigenvalue weighted by Crippen LogP contribution is 2.25. The highest BCUT2D eigenvalue weighted by atomic mass is 14.9. The third-order valence-electron chi connectivity index (χ3n) is 3.08. The molecule has 0 spiro atoms. The molecule has 1 aromatic carbocycles. The third kappa shape index (κ3) is 2.17. The number of H-pyrrole nitrogens is 1. The zero-order valence-electron chi connectivity index (χ0n) is 11.0. The van der Waals surface area contributed by atoms with Gasteiger partial charge in [0.05, 0.1) is 17.3 Å². The highest BCUT2D eigenvalue weighted by Gasteiger charge is 2.10. The molecule has 20 heavy (non-hydrogen) atoms. The average Bonchev–Trinajstić information content (AvgIpc) is 2.90. The van der Waals surface area contributed by atoms with Crippen LogP contribution >= 0.6 is 0 Å². The Morgan fingerprint density at radius 2 is 2.00 bits per heavy atom. The lowest BCUT2D eigenvalue weighted by atomic mass is 10.1. The molecule has 3 rings (SSSR count). The summed E-state index contributed by atoms with van der Waals surface area (Å²) >= 11 is 0. The number of aromatic nitrogens is 3. The second-order valence-corrected chi connectivity index (χ2v) is 4.49. The van der Waals surface area contributed by atoms with Gasteiger partial charge in [-0.3, -0.25) is 4.98 Å². The fraction of sp³-hybridized carbons (Fsp3) is 0.0625. The first-order valence-corrected chi connectivity index (χ1v) is 6.25. The van der Waals surface area contributed by atoms with Crippen LogP contribution in [0, 0.1) is 18.3 Å². The molecular weight excluding hydrogens is 248 g/mol. The molecule has 2 aromatic heterocycles. The molecule has 0 atom stereocenters. The van der Waals surface area contributed by atoms with Crippen molar-refractivity contribution >= 4 is 0 Å². The van der Waals surface area contributed by atoms with Crippen molar-refractivity contribution in [3.8, 4) is 28.7 Å². The van der Waals surface area contributed by atoms with E-state index in [1.54, 1.807) is 18.5 Å². The Kier molecular flexibility index (Phi) is 3.02. The summed E-state index contributed by atoms with van der Waals surface area (Å²) in [5.41, 5.74) is 4.37. The van der Waals surface area contributed by atoms with Crippen LogP contribution in [-0.2, 0) is 0 Å². The van der Waals surface area contributed by atoms with Crippen molar-refractivity contribution < 1.29 is 0 Å². The first-order valence-electron chi connectivity index (χ1n) is 6.25. The molecule has 0 aliphatic carbocycles. The van der Waals surface area contributed by atoms with Crippen LogP contribution in [0.1, 0.15) is 11.3 Å². The van der Waals surface area contributed by atoms with E-state index in [9.17, 15) is 0 Å². The number of hydrogen-bond acceptors (Lipinski definition) is 3. The Hall–Kier alpha value is -2.93. The van der Waals surface area contributed by atoms with E-state index in [0.717, 1.165) is 28.3 Å². The Morgan fingerprint density at radius 3 is 2.75 bits per heavy atom. The smallest absolute Gasteiger partial charge is 0.138 e. The Balaban J connectivity index is 2.07. The van der Waals surface area contributed by atoms with E-state index in [4.69, 9.17) is 5.26 Å². The minimum Gasteiger partial charge on any atom is -0.342 e. The average molecular weight is 260 g/mol. The molecule has 2 heterocycles. The fourth-order valence-electron chi connectivity index (χ4n) is 2.12. The highest BCUT2D eigenvalue weighted by molar-refractivity contribution is 5.67. The van der Waals surface area contributed by atoms with Crippen molar-refractivity contribution in [1.29, 1.82) is 5.26 Å². The summed E-state index contributed by atoms with van der Waals surface area (Å²) in [6.45, 7) is 1.98. The zero-order valence-corrected chi connectivity index (χ0v) is 11.0. The second kappa shape index (κ2) is 4.98. The van der Waals surface area contributed by atoms with Crippen LogP contribution in [0.2, 0.25) is 0 Å². The van der Waals surface area contributed by atoms with Crippen LogP contribution in [0.5, 0.6) is 0 Å². The molecular formula is C16H12N4. The molecule has 0 unspecified atom stereocenters. The minimum atomic E-state index is 0.625. The van der Waals surface area contributed by atoms with Gasteiger partial charge in [0.25, 0.3) is 0 Å². The van der Waals surface area contributed by atoms with Crippen molar-refractivity contribution in [2.75, 3.05) is 0 Å². The lowest BCUT2D eigenvalue weighted by molar-refractivity contribution is 1.25. The van der Waals surface area contributed by atoms with Gasteiger partial charge in [-0.15, -0.1) is 0 Å². The number of rotatable bonds is 2. The van der Waals surface area contributed by atoms with E-state index in [-0.39, 0.29) is 0 Å². The van der Waals surface area contributed by atoms with E-state index < -0.39 is 0 Å². The standard InChI is InChI=1S/C16H12N4/c1-11-15(14-6-3-7-18-10-14)20-16(19-11)13-5-2-4-12(8-13)9-17/h2-8,10H,1H3,(H,19,20). The van der Waals surface area contributed by atoms with Crippen LogP contribution in [0.4, 0.5) is 0 Å². The molecule has 4 heteroatoms. The van der Waals surface area contributed by atoms with E-state index >= 15 is 0 Å². The van der Waals surface area contributed by atoms with E-state index in [1.165, 1.54) is 0 Å². The Bertz CT molecular complexity index is 782. The molecule has 0 aliphatic heterocycles. The van der Waals surface area contributed by atoms with Gasteiger partial charge >= 0.3 is 0 Å². The zero-order chi connectivity index (χ0) is 13.9. The van der Waals surface area contributed by atoms with Crippen molar-refractivity contribution in [3.63, 3.8) is 0 Å². The summed E-state index contributed by atoms with van der Waals surface area (Å²) in [6, 6.07) is 13.4. The van der Waals surface area contributed by atoms with Crippen molar-refractivity contribution in [2.24, 2.45) is 0 Å². The number of nitrogens with zero attached hydrogens (tertiary/aromatic N) is 3. The molecule has 1 N–H and O–H groups in total. The molecule has 0 saturated heterocycles. The molecule has 0 aliphatic rings. The normalized spacial score (nSPS) is 10.2. The number of pyridine rings is 1. The predicted molar refractivity (Wildman–Crippen MR) is 76.7 cm³/mol. The SMILES string of the molecule is Cc1[nH]c(-c2cccc(C#N)c2)nc1-c1cccnc1. The molecule has 3 aromatic rings. The Labute approximate surface area is 116 Å². The number of nitrogens with one attached hydrogen (secondary N) is 1. The van der Waals surface area contributed by atoms with Gasteiger partial charge in [0.15, 0.2) is 0 Å². The van der Waals surface area contributed by atoms with Crippen LogP contribution < -0.4 is 0 Å². The van der Waals surface area contributed by atoms with Crippen LogP contribution in [0.3, 0.4) is 0 Å². The molecule has 0 radical (unpaired) electrons. The molecule has 4 nitrogen and oxygen atoms in total. The van der Waals surface area contributed by atoms with Crippen LogP contribution in [0.25, 0.3) is 22.6 Å². The number of aryl methyl sites for hydroxylation is 1. The first kappa shape index (κ1) is 12.1. The topological polar surface area (TPSA) is 65.4 Å². The number of hydrogen-bond donors (Lipinski definition) is 1. The van der Waals surface area contributed by atoms with Gasteiger partial charge in [-0.2, -0.15) is 5.26 Å². The van der Waals surface area contributed by atoms with Gasteiger partial charge in [-0.05, 0) is 31.2 Å². The van der Waals surface area contributed by atoms with Gasteiger partial charge in [-0.1, -0.05) is 12.1 Å². The summed E-state index contributed by atoms with van der Waals surface area (Å²) < 4.78 is 0. The van der Waals surface area contributed by atoms with E-state index in [2.05, 4.69) is 21.0 Å². The monoisotopic (exact) mass is 260 g/mol. The minimum absolute atomic E-state index is 0.625. The lowest BCUT2D eigenvalue weighted by Crippen LogP contribution is -1.83. The van der Waals surface area contributed by atoms with Gasteiger partial charge in [-0.25, -0.2) is 4.98 Å². The molecule has 0 fully saturated rings. The summed E-state index contributed by atoms with van der Waals surface area (Å²) in [7, 11) is 0. The number of nitriles is 1. The van der Waals surface area contributed by atoms with Gasteiger partial charge in [0.1, 0.15) is 5.82 Å². The van der Waals surface area contributed by atoms with Gasteiger partial charge in [0.2, 0.25) is 0 Å². The first-order chi connectivity index (χ1) is 9.78. The maximum Gasteiger partial charge on any atom is 0.138 e. The molecule has 0 bridgehead atoms. The second-order valence-electron chi connectivity index (χ2n) is 4.49. The summed E-state index contributed by atoms with van der Waals surface area (Å²) in [4.78, 5) is 12.0. The van der Waals surface area contributed by atoms with Crippen molar-refractivity contribution in [3.05, 3.63) is 60.0 Å². The number of benzene rings is 1. The predicted octanol–water partition coefficient (Wildman–Crippen LogP) is 3.32. The van der Waals surface area contributed by atoms with E-state index in [1.807, 2.05) is 37.3 Å². The van der Waals surface area contributed by atoms with E-state index in [0.29, 0.717) is 5.56 Å². The molecule has 0 saturated carbocycles. The summed E-state index contributed by atoms with van der Waals surface area (Å²) in [5, 5.41) is 8.96. The maximum atomic E-state index is 8.96. The number of aromatic amines is 1. The third-order valence-corrected chi connectivity index (χ3v) is 3.08. The summed E-state index contributed by atoms with van der Waals surface area (Å²) in [6.07, 6.45) is 3.53. The molecule has 0 amide bonds. The maximum absolute atomic E-state index is 8.96. The van der Waals surface area contributed by atoms with Gasteiger partial charge < -0.3 is 4.98 Å². The van der Waals surface area contributed by atoms with Crippen LogP contribution in [-0.4, -0.2) is 15.0 Å². The lowest BCUT2D eigenvalue weighted by Gasteiger charge is -1.97. The Morgan fingerprint density at radius 1 is 1.15 bits per heavy atom. The van der Waals surface area contributed by atoms with Crippen molar-refractivity contribution in [2.45, 2.75) is 6.92 Å². The summed E-state index contributed by atoms with van der Waals surface area (Å²) in [5.74, 6) is 0.762. The van der Waals surface area contributed by atoms with Gasteiger partial charge in [0, 0.05) is 29.2 Å². The van der Waals surface area contributed by atoms with Crippen LogP contribution in [0.15, 0.2) is 48.8 Å². The largest absolute Gasteiger partial charge is 0.342 e. The molecule has 96 valence electrons.